The maximum Gasteiger partial charge on any atom is 0.335 e. The summed E-state index contributed by atoms with van der Waals surface area (Å²) in [6.07, 6.45) is 0. The molecule has 0 unspecified atom stereocenters. The van der Waals surface area contributed by atoms with Gasteiger partial charge < -0.3 is 10.2 Å². The average molecular weight is 272 g/mol. The van der Waals surface area contributed by atoms with Gasteiger partial charge in [0.05, 0.1) is 5.56 Å². The third kappa shape index (κ3) is 4.33. The molecule has 20 heavy (non-hydrogen) atoms. The number of hydrogen-bond acceptors (Lipinski definition) is 3. The molecule has 4 heteroatoms. The molecule has 2 N–H and O–H groups in total. The summed E-state index contributed by atoms with van der Waals surface area (Å²) in [6.45, 7) is 1.93. The lowest BCUT2D eigenvalue weighted by Crippen LogP contribution is -2.02. The molecule has 0 heterocycles. The van der Waals surface area contributed by atoms with Crippen LogP contribution in [0.3, 0.4) is 0 Å². The predicted molar refractivity (Wildman–Crippen MR) is 76.0 cm³/mol. The fraction of sp³-hybridized carbons (Fsp3) is 0.125. The van der Waals surface area contributed by atoms with Crippen LogP contribution in [-0.2, 0) is 0 Å². The van der Waals surface area contributed by atoms with Gasteiger partial charge in [-0.3, -0.25) is 4.79 Å². The first kappa shape index (κ1) is 15.6. The molecule has 0 amide bonds. The van der Waals surface area contributed by atoms with Crippen molar-refractivity contribution in [2.75, 3.05) is 6.61 Å². The smallest absolute Gasteiger partial charge is 0.335 e. The van der Waals surface area contributed by atoms with Crippen molar-refractivity contribution in [3.8, 4) is 0 Å². The van der Waals surface area contributed by atoms with Crippen LogP contribution in [-0.4, -0.2) is 28.6 Å². The van der Waals surface area contributed by atoms with E-state index in [0.717, 1.165) is 0 Å². The Kier molecular flexibility index (Phi) is 6.13. The summed E-state index contributed by atoms with van der Waals surface area (Å²) < 4.78 is 0. The van der Waals surface area contributed by atoms with E-state index >= 15 is 0 Å². The summed E-state index contributed by atoms with van der Waals surface area (Å²) in [5.41, 5.74) is 1.26. The number of carbonyl (C=O) groups is 2. The SMILES string of the molecule is CCO.O=C(O)c1ccc(C(=O)c2ccccc2)cc1. The first-order chi connectivity index (χ1) is 9.60. The normalized spacial score (nSPS) is 9.30. The number of carboxylic acids is 1. The van der Waals surface area contributed by atoms with Crippen molar-refractivity contribution >= 4 is 11.8 Å². The molecule has 104 valence electrons. The highest BCUT2D eigenvalue weighted by molar-refractivity contribution is 6.09. The second kappa shape index (κ2) is 7.86. The highest BCUT2D eigenvalue weighted by Crippen LogP contribution is 2.11. The Morgan fingerprint density at radius 2 is 1.25 bits per heavy atom. The number of ketones is 1. The Bertz CT molecular complexity index is 559. The molecule has 0 saturated carbocycles. The summed E-state index contributed by atoms with van der Waals surface area (Å²) in [5.74, 6) is -1.11. The number of aromatic carboxylic acids is 1. The van der Waals surface area contributed by atoms with E-state index in [1.165, 1.54) is 24.3 Å². The Balaban J connectivity index is 0.000000612. The van der Waals surface area contributed by atoms with Crippen LogP contribution in [0.4, 0.5) is 0 Å². The summed E-state index contributed by atoms with van der Waals surface area (Å²) in [4.78, 5) is 22.6. The largest absolute Gasteiger partial charge is 0.478 e. The summed E-state index contributed by atoms with van der Waals surface area (Å²) in [7, 11) is 0. The van der Waals surface area contributed by atoms with Gasteiger partial charge in [0.2, 0.25) is 0 Å². The first-order valence-electron chi connectivity index (χ1n) is 6.14. The second-order valence-electron chi connectivity index (χ2n) is 3.89. The van der Waals surface area contributed by atoms with E-state index in [1.807, 2.05) is 6.07 Å². The topological polar surface area (TPSA) is 74.6 Å². The molecule has 0 saturated heterocycles. The van der Waals surface area contributed by atoms with Gasteiger partial charge >= 0.3 is 5.97 Å². The van der Waals surface area contributed by atoms with Gasteiger partial charge in [0.15, 0.2) is 5.78 Å². The lowest BCUT2D eigenvalue weighted by atomic mass is 10.0. The van der Waals surface area contributed by atoms with Gasteiger partial charge in [0, 0.05) is 17.7 Å². The van der Waals surface area contributed by atoms with Crippen LogP contribution < -0.4 is 0 Å². The highest BCUT2D eigenvalue weighted by atomic mass is 16.4. The molecule has 0 fully saturated rings. The van der Waals surface area contributed by atoms with E-state index in [4.69, 9.17) is 10.2 Å². The quantitative estimate of drug-likeness (QED) is 0.842. The lowest BCUT2D eigenvalue weighted by Gasteiger charge is -2.01. The van der Waals surface area contributed by atoms with E-state index in [-0.39, 0.29) is 18.0 Å². The first-order valence-corrected chi connectivity index (χ1v) is 6.14. The number of aliphatic hydroxyl groups excluding tert-OH is 1. The maximum atomic E-state index is 12.0. The third-order valence-corrected chi connectivity index (χ3v) is 2.43. The van der Waals surface area contributed by atoms with Crippen LogP contribution in [0.2, 0.25) is 0 Å². The van der Waals surface area contributed by atoms with E-state index in [0.29, 0.717) is 11.1 Å². The molecule has 0 aromatic heterocycles. The van der Waals surface area contributed by atoms with E-state index in [1.54, 1.807) is 31.2 Å². The molecule has 2 rings (SSSR count). The van der Waals surface area contributed by atoms with Crippen molar-refractivity contribution in [2.45, 2.75) is 6.92 Å². The maximum absolute atomic E-state index is 12.0. The predicted octanol–water partition coefficient (Wildman–Crippen LogP) is 2.61. The number of aliphatic hydroxyl groups is 1. The fourth-order valence-corrected chi connectivity index (χ4v) is 1.52. The fourth-order valence-electron chi connectivity index (χ4n) is 1.52. The molecular formula is C16H16O4. The molecular weight excluding hydrogens is 256 g/mol. The second-order valence-corrected chi connectivity index (χ2v) is 3.89. The lowest BCUT2D eigenvalue weighted by molar-refractivity contribution is 0.0696. The minimum atomic E-state index is -0.997. The number of rotatable bonds is 3. The average Bonchev–Trinajstić information content (AvgIpc) is 2.48. The standard InChI is InChI=1S/C14H10O3.C2H6O/c15-13(10-4-2-1-3-5-10)11-6-8-12(9-7-11)14(16)17;1-2-3/h1-9H,(H,16,17);3H,2H2,1H3. The molecule has 4 nitrogen and oxygen atoms in total. The van der Waals surface area contributed by atoms with Gasteiger partial charge in [-0.05, 0) is 19.1 Å². The Morgan fingerprint density at radius 3 is 1.70 bits per heavy atom. The summed E-state index contributed by atoms with van der Waals surface area (Å²) in [5, 5.41) is 16.3. The molecule has 0 atom stereocenters. The molecule has 0 aliphatic carbocycles. The number of benzene rings is 2. The van der Waals surface area contributed by atoms with Crippen molar-refractivity contribution in [3.63, 3.8) is 0 Å². The number of carboxylic acid groups (broad SMARTS) is 1. The Labute approximate surface area is 117 Å². The number of carbonyl (C=O) groups excluding carboxylic acids is 1. The van der Waals surface area contributed by atoms with Crippen molar-refractivity contribution in [3.05, 3.63) is 71.3 Å². The molecule has 0 aliphatic heterocycles. The zero-order chi connectivity index (χ0) is 15.0. The molecule has 0 radical (unpaired) electrons. The molecule has 0 bridgehead atoms. The van der Waals surface area contributed by atoms with Gasteiger partial charge in [-0.15, -0.1) is 0 Å². The van der Waals surface area contributed by atoms with Crippen molar-refractivity contribution in [1.29, 1.82) is 0 Å². The molecule has 0 aliphatic rings. The van der Waals surface area contributed by atoms with Crippen LogP contribution in [0.1, 0.15) is 33.2 Å². The monoisotopic (exact) mass is 272 g/mol. The minimum absolute atomic E-state index is 0.109. The zero-order valence-corrected chi connectivity index (χ0v) is 11.1. The van der Waals surface area contributed by atoms with Crippen LogP contribution in [0.25, 0.3) is 0 Å². The van der Waals surface area contributed by atoms with Gasteiger partial charge in [-0.25, -0.2) is 4.79 Å². The van der Waals surface area contributed by atoms with Crippen LogP contribution in [0, 0.1) is 0 Å². The van der Waals surface area contributed by atoms with Gasteiger partial charge in [-0.2, -0.15) is 0 Å². The van der Waals surface area contributed by atoms with Gasteiger partial charge in [-0.1, -0.05) is 42.5 Å². The van der Waals surface area contributed by atoms with Crippen molar-refractivity contribution in [2.24, 2.45) is 0 Å². The number of hydrogen-bond donors (Lipinski definition) is 2. The highest BCUT2D eigenvalue weighted by Gasteiger charge is 2.09. The zero-order valence-electron chi connectivity index (χ0n) is 11.1. The van der Waals surface area contributed by atoms with E-state index in [2.05, 4.69) is 0 Å². The van der Waals surface area contributed by atoms with Crippen molar-refractivity contribution in [1.82, 2.24) is 0 Å². The summed E-state index contributed by atoms with van der Waals surface area (Å²) >= 11 is 0. The van der Waals surface area contributed by atoms with Crippen LogP contribution >= 0.6 is 0 Å². The van der Waals surface area contributed by atoms with Crippen LogP contribution in [0.5, 0.6) is 0 Å². The Morgan fingerprint density at radius 1 is 0.850 bits per heavy atom. The third-order valence-electron chi connectivity index (χ3n) is 2.43. The van der Waals surface area contributed by atoms with E-state index in [9.17, 15) is 9.59 Å². The molecule has 2 aromatic carbocycles. The molecule has 2 aromatic rings. The minimum Gasteiger partial charge on any atom is -0.478 e. The summed E-state index contributed by atoms with van der Waals surface area (Å²) in [6, 6.07) is 14.8. The van der Waals surface area contributed by atoms with Crippen molar-refractivity contribution < 1.29 is 19.8 Å². The Hall–Kier alpha value is -2.46. The van der Waals surface area contributed by atoms with Crippen LogP contribution in [0.15, 0.2) is 54.6 Å². The van der Waals surface area contributed by atoms with Gasteiger partial charge in [0.1, 0.15) is 0 Å². The molecule has 0 spiro atoms. The van der Waals surface area contributed by atoms with E-state index < -0.39 is 5.97 Å². The van der Waals surface area contributed by atoms with Gasteiger partial charge in [0.25, 0.3) is 0 Å².